The van der Waals surface area contributed by atoms with E-state index in [1.807, 2.05) is 6.92 Å². The SMILES string of the molecule is CCCCc1nc2cn(O)cc(C)c-2n1. The van der Waals surface area contributed by atoms with Gasteiger partial charge in [-0.15, -0.1) is 0 Å². The van der Waals surface area contributed by atoms with Crippen molar-refractivity contribution >= 4 is 0 Å². The van der Waals surface area contributed by atoms with Gasteiger partial charge in [0.25, 0.3) is 0 Å². The molecule has 0 aromatic rings. The zero-order valence-corrected chi connectivity index (χ0v) is 9.06. The molecule has 2 aliphatic heterocycles. The summed E-state index contributed by atoms with van der Waals surface area (Å²) in [6, 6.07) is 0. The predicted octanol–water partition coefficient (Wildman–Crippen LogP) is 2.27. The molecule has 0 fully saturated rings. The van der Waals surface area contributed by atoms with Crippen LogP contribution in [0.3, 0.4) is 0 Å². The Labute approximate surface area is 88.9 Å². The summed E-state index contributed by atoms with van der Waals surface area (Å²) < 4.78 is 1.04. The molecule has 0 spiro atoms. The molecule has 0 atom stereocenters. The molecule has 0 aromatic carbocycles. The Morgan fingerprint density at radius 1 is 1.33 bits per heavy atom. The first-order valence-corrected chi connectivity index (χ1v) is 5.25. The van der Waals surface area contributed by atoms with Crippen molar-refractivity contribution in [2.75, 3.05) is 0 Å². The van der Waals surface area contributed by atoms with Crippen LogP contribution in [-0.2, 0) is 6.42 Å². The molecule has 4 heteroatoms. The first-order valence-electron chi connectivity index (χ1n) is 5.25. The van der Waals surface area contributed by atoms with Crippen LogP contribution in [0.4, 0.5) is 0 Å². The zero-order chi connectivity index (χ0) is 10.8. The lowest BCUT2D eigenvalue weighted by Gasteiger charge is -2.02. The summed E-state index contributed by atoms with van der Waals surface area (Å²) in [5, 5.41) is 9.35. The van der Waals surface area contributed by atoms with Crippen LogP contribution in [0.25, 0.3) is 11.4 Å². The molecule has 2 heterocycles. The summed E-state index contributed by atoms with van der Waals surface area (Å²) >= 11 is 0. The van der Waals surface area contributed by atoms with Gasteiger partial charge in [0.2, 0.25) is 0 Å². The number of aryl methyl sites for hydroxylation is 2. The normalized spacial score (nSPS) is 11.1. The summed E-state index contributed by atoms with van der Waals surface area (Å²) in [6.07, 6.45) is 6.39. The first-order chi connectivity index (χ1) is 7.20. The van der Waals surface area contributed by atoms with Gasteiger partial charge in [0.1, 0.15) is 11.5 Å². The smallest absolute Gasteiger partial charge is 0.129 e. The molecule has 0 unspecified atom stereocenters. The van der Waals surface area contributed by atoms with Gasteiger partial charge in [-0.3, -0.25) is 0 Å². The van der Waals surface area contributed by atoms with Gasteiger partial charge in [0.15, 0.2) is 0 Å². The van der Waals surface area contributed by atoms with E-state index in [4.69, 9.17) is 0 Å². The van der Waals surface area contributed by atoms with E-state index >= 15 is 0 Å². The fourth-order valence-electron chi connectivity index (χ4n) is 1.65. The van der Waals surface area contributed by atoms with Crippen LogP contribution in [0, 0.1) is 6.92 Å². The molecular weight excluding hydrogens is 190 g/mol. The molecule has 4 nitrogen and oxygen atoms in total. The summed E-state index contributed by atoms with van der Waals surface area (Å²) in [6.45, 7) is 4.07. The lowest BCUT2D eigenvalue weighted by molar-refractivity contribution is 0.184. The molecule has 0 radical (unpaired) electrons. The highest BCUT2D eigenvalue weighted by molar-refractivity contribution is 5.59. The second-order valence-electron chi connectivity index (χ2n) is 3.80. The van der Waals surface area contributed by atoms with E-state index in [0.29, 0.717) is 0 Å². The number of fused-ring (bicyclic) bond motifs is 1. The van der Waals surface area contributed by atoms with E-state index in [2.05, 4.69) is 16.9 Å². The molecule has 2 aliphatic rings. The minimum atomic E-state index is 0.767. The van der Waals surface area contributed by atoms with Gasteiger partial charge in [-0.2, -0.15) is 4.73 Å². The highest BCUT2D eigenvalue weighted by Gasteiger charge is 2.13. The van der Waals surface area contributed by atoms with Gasteiger partial charge < -0.3 is 5.21 Å². The van der Waals surface area contributed by atoms with Crippen LogP contribution < -0.4 is 0 Å². The van der Waals surface area contributed by atoms with Gasteiger partial charge in [-0.1, -0.05) is 13.3 Å². The number of rotatable bonds is 3. The third-order valence-electron chi connectivity index (χ3n) is 2.44. The fourth-order valence-corrected chi connectivity index (χ4v) is 1.65. The Bertz CT molecular complexity index is 436. The summed E-state index contributed by atoms with van der Waals surface area (Å²) in [7, 11) is 0. The van der Waals surface area contributed by atoms with Gasteiger partial charge in [-0.25, -0.2) is 9.97 Å². The average molecular weight is 205 g/mol. The summed E-state index contributed by atoms with van der Waals surface area (Å²) in [5.41, 5.74) is 2.61. The molecule has 1 N–H and O–H groups in total. The standard InChI is InChI=1S/C11H15N3O/c1-3-4-5-10-12-9-7-14(15)6-8(2)11(9)13-10/h6-7,15H,3-5H2,1-2H3. The van der Waals surface area contributed by atoms with Gasteiger partial charge in [-0.05, 0) is 18.9 Å². The molecular formula is C11H15N3O. The number of pyridine rings is 1. The van der Waals surface area contributed by atoms with E-state index < -0.39 is 0 Å². The Morgan fingerprint density at radius 2 is 2.13 bits per heavy atom. The predicted molar refractivity (Wildman–Crippen MR) is 57.2 cm³/mol. The minimum Gasteiger partial charge on any atom is -0.429 e. The van der Waals surface area contributed by atoms with Crippen molar-refractivity contribution in [3.63, 3.8) is 0 Å². The van der Waals surface area contributed by atoms with Crippen LogP contribution in [-0.4, -0.2) is 19.9 Å². The Balaban J connectivity index is 2.38. The van der Waals surface area contributed by atoms with Crippen molar-refractivity contribution in [2.24, 2.45) is 0 Å². The topological polar surface area (TPSA) is 50.9 Å². The monoisotopic (exact) mass is 205 g/mol. The van der Waals surface area contributed by atoms with Crippen molar-refractivity contribution in [3.8, 4) is 11.4 Å². The Morgan fingerprint density at radius 3 is 2.87 bits per heavy atom. The van der Waals surface area contributed by atoms with Crippen LogP contribution in [0.15, 0.2) is 12.4 Å². The molecule has 0 saturated heterocycles. The maximum Gasteiger partial charge on any atom is 0.129 e. The lowest BCUT2D eigenvalue weighted by atomic mass is 10.2. The lowest BCUT2D eigenvalue weighted by Crippen LogP contribution is -1.96. The third kappa shape index (κ3) is 1.93. The van der Waals surface area contributed by atoms with E-state index in [0.717, 1.165) is 46.8 Å². The van der Waals surface area contributed by atoms with Crippen LogP contribution >= 0.6 is 0 Å². The van der Waals surface area contributed by atoms with E-state index in [9.17, 15) is 5.21 Å². The fraction of sp³-hybridized carbons (Fsp3) is 0.455. The number of hydrogen-bond acceptors (Lipinski definition) is 3. The number of aromatic nitrogens is 3. The maximum atomic E-state index is 9.35. The maximum absolute atomic E-state index is 9.35. The van der Waals surface area contributed by atoms with Gasteiger partial charge >= 0.3 is 0 Å². The highest BCUT2D eigenvalue weighted by atomic mass is 16.5. The van der Waals surface area contributed by atoms with Crippen molar-refractivity contribution in [3.05, 3.63) is 23.8 Å². The second-order valence-corrected chi connectivity index (χ2v) is 3.80. The third-order valence-corrected chi connectivity index (χ3v) is 2.44. The van der Waals surface area contributed by atoms with Gasteiger partial charge in [0, 0.05) is 12.6 Å². The molecule has 2 rings (SSSR count). The van der Waals surface area contributed by atoms with E-state index in [1.165, 1.54) is 0 Å². The Hall–Kier alpha value is -1.58. The number of hydrogen-bond donors (Lipinski definition) is 1. The zero-order valence-electron chi connectivity index (χ0n) is 9.06. The Kier molecular flexibility index (Phi) is 2.58. The van der Waals surface area contributed by atoms with Crippen molar-refractivity contribution < 1.29 is 5.21 Å². The number of imidazole rings is 1. The average Bonchev–Trinajstić information content (AvgIpc) is 2.57. The molecule has 0 bridgehead atoms. The van der Waals surface area contributed by atoms with Crippen molar-refractivity contribution in [1.29, 1.82) is 0 Å². The van der Waals surface area contributed by atoms with Gasteiger partial charge in [0.05, 0.1) is 11.9 Å². The summed E-state index contributed by atoms with van der Waals surface area (Å²) in [4.78, 5) is 8.84. The first kappa shape index (κ1) is 9.96. The number of nitrogens with zero attached hydrogens (tertiary/aromatic N) is 3. The van der Waals surface area contributed by atoms with E-state index in [-0.39, 0.29) is 0 Å². The molecule has 0 amide bonds. The molecule has 0 aromatic heterocycles. The molecule has 0 aliphatic carbocycles. The van der Waals surface area contributed by atoms with Crippen molar-refractivity contribution in [2.45, 2.75) is 33.1 Å². The largest absolute Gasteiger partial charge is 0.429 e. The highest BCUT2D eigenvalue weighted by Crippen LogP contribution is 2.22. The van der Waals surface area contributed by atoms with Crippen LogP contribution in [0.1, 0.15) is 31.2 Å². The van der Waals surface area contributed by atoms with Crippen LogP contribution in [0.2, 0.25) is 0 Å². The number of unbranched alkanes of at least 4 members (excludes halogenated alkanes) is 1. The van der Waals surface area contributed by atoms with Crippen LogP contribution in [0.5, 0.6) is 0 Å². The molecule has 15 heavy (non-hydrogen) atoms. The van der Waals surface area contributed by atoms with E-state index in [1.54, 1.807) is 12.4 Å². The molecule has 80 valence electrons. The molecule has 0 saturated carbocycles. The second kappa shape index (κ2) is 3.88. The minimum absolute atomic E-state index is 0.767. The van der Waals surface area contributed by atoms with Crippen molar-refractivity contribution in [1.82, 2.24) is 14.7 Å². The summed E-state index contributed by atoms with van der Waals surface area (Å²) in [5.74, 6) is 0.876. The quantitative estimate of drug-likeness (QED) is 0.782.